The van der Waals surface area contributed by atoms with E-state index in [0.29, 0.717) is 0 Å². The van der Waals surface area contributed by atoms with E-state index in [0.717, 1.165) is 18.4 Å². The zero-order chi connectivity index (χ0) is 17.7. The Hall–Kier alpha value is -0.790. The van der Waals surface area contributed by atoms with Gasteiger partial charge in [-0.05, 0) is 31.6 Å². The van der Waals surface area contributed by atoms with Crippen LogP contribution < -0.4 is 5.73 Å². The van der Waals surface area contributed by atoms with Crippen LogP contribution in [0.2, 0.25) is 0 Å². The second-order valence-electron chi connectivity index (χ2n) is 7.64. The van der Waals surface area contributed by atoms with Gasteiger partial charge in [0.2, 0.25) is 5.91 Å². The van der Waals surface area contributed by atoms with Crippen molar-refractivity contribution in [3.8, 4) is 0 Å². The van der Waals surface area contributed by atoms with Crippen LogP contribution in [0.1, 0.15) is 112 Å². The van der Waals surface area contributed by atoms with Gasteiger partial charge in [0, 0.05) is 5.57 Å². The fourth-order valence-corrected chi connectivity index (χ4v) is 3.18. The molecule has 0 aliphatic heterocycles. The van der Waals surface area contributed by atoms with Crippen LogP contribution in [0.15, 0.2) is 11.1 Å². The summed E-state index contributed by atoms with van der Waals surface area (Å²) in [4.78, 5) is 11.5. The monoisotopic (exact) mass is 323 g/mol. The molecule has 0 aromatic rings. The van der Waals surface area contributed by atoms with Gasteiger partial charge in [0.1, 0.15) is 0 Å². The molecule has 0 fully saturated rings. The van der Waals surface area contributed by atoms with Gasteiger partial charge >= 0.3 is 0 Å². The number of carbonyl (C=O) groups is 1. The van der Waals surface area contributed by atoms with Crippen molar-refractivity contribution < 1.29 is 4.79 Å². The van der Waals surface area contributed by atoms with Crippen LogP contribution in [0.4, 0.5) is 0 Å². The quantitative estimate of drug-likeness (QED) is 0.286. The minimum absolute atomic E-state index is 0.0817. The molecule has 0 unspecified atom stereocenters. The second kappa shape index (κ2) is 12.6. The van der Waals surface area contributed by atoms with Crippen LogP contribution in [-0.4, -0.2) is 5.91 Å². The highest BCUT2D eigenvalue weighted by Crippen LogP contribution is 2.35. The number of unbranched alkanes of at least 4 members (excludes halogenated alkanes) is 9. The Morgan fingerprint density at radius 1 is 0.826 bits per heavy atom. The normalized spacial score (nSPS) is 13.1. The smallest absolute Gasteiger partial charge is 0.244 e. The highest BCUT2D eigenvalue weighted by Gasteiger charge is 2.24. The van der Waals surface area contributed by atoms with E-state index >= 15 is 0 Å². The minimum Gasteiger partial charge on any atom is -0.366 e. The first-order chi connectivity index (χ1) is 10.9. The van der Waals surface area contributed by atoms with Gasteiger partial charge in [-0.1, -0.05) is 91.1 Å². The van der Waals surface area contributed by atoms with Gasteiger partial charge in [-0.25, -0.2) is 0 Å². The van der Waals surface area contributed by atoms with Crippen molar-refractivity contribution in [2.24, 2.45) is 11.1 Å². The Morgan fingerprint density at radius 2 is 1.26 bits per heavy atom. The Balaban J connectivity index is 4.03. The first-order valence-electron chi connectivity index (χ1n) is 9.86. The summed E-state index contributed by atoms with van der Waals surface area (Å²) in [6, 6.07) is 0. The molecule has 0 rings (SSSR count). The lowest BCUT2D eigenvalue weighted by atomic mass is 9.77. The van der Waals surface area contributed by atoms with E-state index in [9.17, 15) is 4.79 Å². The van der Waals surface area contributed by atoms with Crippen molar-refractivity contribution in [3.63, 3.8) is 0 Å². The molecule has 0 heterocycles. The Bertz CT molecular complexity index is 355. The second-order valence-corrected chi connectivity index (χ2v) is 7.64. The van der Waals surface area contributed by atoms with Crippen LogP contribution in [0.25, 0.3) is 0 Å². The molecule has 0 aliphatic carbocycles. The molecule has 2 N–H and O–H groups in total. The molecule has 0 bridgehead atoms. The predicted molar refractivity (Wildman–Crippen MR) is 102 cm³/mol. The number of allylic oxidation sites excluding steroid dienone is 1. The van der Waals surface area contributed by atoms with E-state index in [1.807, 2.05) is 6.92 Å². The van der Waals surface area contributed by atoms with Crippen molar-refractivity contribution in [1.82, 2.24) is 0 Å². The molecule has 0 aromatic heterocycles. The Morgan fingerprint density at radius 3 is 1.65 bits per heavy atom. The van der Waals surface area contributed by atoms with Crippen LogP contribution >= 0.6 is 0 Å². The molecule has 0 saturated heterocycles. The topological polar surface area (TPSA) is 43.1 Å². The molecular formula is C21H41NO. The van der Waals surface area contributed by atoms with Crippen LogP contribution in [0.3, 0.4) is 0 Å². The zero-order valence-electron chi connectivity index (χ0n) is 16.5. The lowest BCUT2D eigenvalue weighted by Gasteiger charge is -2.28. The summed E-state index contributed by atoms with van der Waals surface area (Å²) >= 11 is 0. The molecule has 0 atom stereocenters. The summed E-state index contributed by atoms with van der Waals surface area (Å²) in [6.07, 6.45) is 15.5. The van der Waals surface area contributed by atoms with Crippen LogP contribution in [-0.2, 0) is 4.79 Å². The number of primary amides is 1. The maximum absolute atomic E-state index is 11.5. The van der Waals surface area contributed by atoms with E-state index in [4.69, 9.17) is 5.73 Å². The molecule has 2 nitrogen and oxygen atoms in total. The first kappa shape index (κ1) is 22.2. The van der Waals surface area contributed by atoms with Crippen molar-refractivity contribution in [1.29, 1.82) is 0 Å². The highest BCUT2D eigenvalue weighted by molar-refractivity contribution is 5.92. The van der Waals surface area contributed by atoms with Crippen molar-refractivity contribution in [2.75, 3.05) is 0 Å². The molecule has 2 heteroatoms. The average molecular weight is 324 g/mol. The summed E-state index contributed by atoms with van der Waals surface area (Å²) in [5.74, 6) is -0.256. The molecule has 1 amide bonds. The molecule has 136 valence electrons. The Kier molecular flexibility index (Phi) is 12.2. The van der Waals surface area contributed by atoms with Gasteiger partial charge in [-0.3, -0.25) is 4.79 Å². The van der Waals surface area contributed by atoms with Gasteiger partial charge in [-0.2, -0.15) is 0 Å². The van der Waals surface area contributed by atoms with E-state index in [1.54, 1.807) is 0 Å². The van der Waals surface area contributed by atoms with E-state index in [1.165, 1.54) is 69.8 Å². The van der Waals surface area contributed by atoms with E-state index in [-0.39, 0.29) is 11.3 Å². The summed E-state index contributed by atoms with van der Waals surface area (Å²) in [5.41, 5.74) is 7.65. The standard InChI is InChI=1S/C21H41NO/c1-6-8-9-10-11-12-13-14-15-16-17-19(18(3)20(22)23)21(4,5)7-2/h6-17H2,1-5H3,(H2,22,23). The predicted octanol–water partition coefficient (Wildman–Crippen LogP) is 6.54. The zero-order valence-corrected chi connectivity index (χ0v) is 16.5. The molecule has 0 aliphatic rings. The Labute approximate surface area is 145 Å². The fraction of sp³-hybridized carbons (Fsp3) is 0.857. The summed E-state index contributed by atoms with van der Waals surface area (Å²) in [5, 5.41) is 0. The average Bonchev–Trinajstić information content (AvgIpc) is 2.51. The maximum Gasteiger partial charge on any atom is 0.244 e. The lowest BCUT2D eigenvalue weighted by molar-refractivity contribution is -0.114. The van der Waals surface area contributed by atoms with E-state index in [2.05, 4.69) is 27.7 Å². The molecule has 23 heavy (non-hydrogen) atoms. The molecule has 0 radical (unpaired) electrons. The lowest BCUT2D eigenvalue weighted by Crippen LogP contribution is -2.21. The van der Waals surface area contributed by atoms with Gasteiger partial charge in [0.05, 0.1) is 0 Å². The van der Waals surface area contributed by atoms with Gasteiger partial charge in [0.15, 0.2) is 0 Å². The summed E-state index contributed by atoms with van der Waals surface area (Å²) < 4.78 is 0. The van der Waals surface area contributed by atoms with E-state index < -0.39 is 0 Å². The summed E-state index contributed by atoms with van der Waals surface area (Å²) in [6.45, 7) is 10.8. The SMILES string of the molecule is CCCCCCCCCCCCC(=C(C)C(N)=O)C(C)(C)CC. The molecule has 0 aromatic carbocycles. The largest absolute Gasteiger partial charge is 0.366 e. The maximum atomic E-state index is 11.5. The van der Waals surface area contributed by atoms with Crippen LogP contribution in [0, 0.1) is 5.41 Å². The van der Waals surface area contributed by atoms with Gasteiger partial charge in [0.25, 0.3) is 0 Å². The summed E-state index contributed by atoms with van der Waals surface area (Å²) in [7, 11) is 0. The fourth-order valence-electron chi connectivity index (χ4n) is 3.18. The molecular weight excluding hydrogens is 282 g/mol. The molecule has 0 saturated carbocycles. The van der Waals surface area contributed by atoms with Crippen LogP contribution in [0.5, 0.6) is 0 Å². The molecule has 0 spiro atoms. The number of amides is 1. The number of nitrogens with two attached hydrogens (primary N) is 1. The number of rotatable bonds is 14. The van der Waals surface area contributed by atoms with Crippen molar-refractivity contribution in [3.05, 3.63) is 11.1 Å². The van der Waals surface area contributed by atoms with Gasteiger partial charge < -0.3 is 5.73 Å². The van der Waals surface area contributed by atoms with Gasteiger partial charge in [-0.15, -0.1) is 0 Å². The minimum atomic E-state index is -0.256. The van der Waals surface area contributed by atoms with Crippen molar-refractivity contribution >= 4 is 5.91 Å². The number of carbonyl (C=O) groups excluding carboxylic acids is 1. The first-order valence-corrected chi connectivity index (χ1v) is 9.86. The third kappa shape index (κ3) is 9.84. The van der Waals surface area contributed by atoms with Crippen molar-refractivity contribution in [2.45, 2.75) is 112 Å². The number of hydrogen-bond acceptors (Lipinski definition) is 1. The third-order valence-electron chi connectivity index (χ3n) is 5.30. The number of hydrogen-bond donors (Lipinski definition) is 1. The third-order valence-corrected chi connectivity index (χ3v) is 5.30. The highest BCUT2D eigenvalue weighted by atomic mass is 16.1.